The molecule has 1 aromatic carbocycles. The van der Waals surface area contributed by atoms with Crippen molar-refractivity contribution in [1.29, 1.82) is 5.26 Å². The van der Waals surface area contributed by atoms with Crippen LogP contribution >= 0.6 is 39.3 Å². The Kier molecular flexibility index (Phi) is 5.39. The molecule has 0 aliphatic carbocycles. The lowest BCUT2D eigenvalue weighted by atomic mass is 10.2. The Bertz CT molecular complexity index is 348. The third-order valence-electron chi connectivity index (χ3n) is 1.62. The van der Waals surface area contributed by atoms with Gasteiger partial charge in [-0.05, 0) is 40.2 Å². The molecule has 0 aliphatic rings. The Morgan fingerprint density at radius 3 is 2.93 bits per heavy atom. The summed E-state index contributed by atoms with van der Waals surface area (Å²) < 4.78 is 0.857. The minimum absolute atomic E-state index is 0.670. The van der Waals surface area contributed by atoms with Crippen LogP contribution in [0.5, 0.6) is 0 Å². The van der Waals surface area contributed by atoms with Gasteiger partial charge in [-0.3, -0.25) is 0 Å². The van der Waals surface area contributed by atoms with E-state index in [0.717, 1.165) is 21.5 Å². The lowest BCUT2D eigenvalue weighted by molar-refractivity contribution is 1.11. The number of hydrogen-bond acceptors (Lipinski definition) is 2. The average molecular weight is 291 g/mol. The van der Waals surface area contributed by atoms with Crippen molar-refractivity contribution in [3.05, 3.63) is 28.2 Å². The second-order valence-corrected chi connectivity index (χ2v) is 4.98. The first-order valence-corrected chi connectivity index (χ1v) is 6.48. The standard InChI is InChI=1S/C10H9BrClNS/c11-9-3-1-4-10(8(9)7-13)14-6-2-5-12/h1,3-4H,2,5-6H2. The van der Waals surface area contributed by atoms with Crippen LogP contribution in [0.2, 0.25) is 0 Å². The van der Waals surface area contributed by atoms with Gasteiger partial charge in [0.25, 0.3) is 0 Å². The monoisotopic (exact) mass is 289 g/mol. The Morgan fingerprint density at radius 2 is 2.29 bits per heavy atom. The smallest absolute Gasteiger partial charge is 0.101 e. The van der Waals surface area contributed by atoms with Crippen LogP contribution in [0.4, 0.5) is 0 Å². The maximum atomic E-state index is 8.94. The largest absolute Gasteiger partial charge is 0.192 e. The lowest BCUT2D eigenvalue weighted by Gasteiger charge is -2.03. The third-order valence-corrected chi connectivity index (χ3v) is 3.69. The van der Waals surface area contributed by atoms with Crippen molar-refractivity contribution in [3.63, 3.8) is 0 Å². The SMILES string of the molecule is N#Cc1c(Br)cccc1SCCCCl. The van der Waals surface area contributed by atoms with Crippen molar-refractivity contribution in [1.82, 2.24) is 0 Å². The van der Waals surface area contributed by atoms with Crippen molar-refractivity contribution in [2.24, 2.45) is 0 Å². The van der Waals surface area contributed by atoms with Crippen molar-refractivity contribution < 1.29 is 0 Å². The zero-order valence-electron chi connectivity index (χ0n) is 7.46. The molecule has 4 heteroatoms. The summed E-state index contributed by atoms with van der Waals surface area (Å²) in [5.41, 5.74) is 0.715. The number of alkyl halides is 1. The predicted octanol–water partition coefficient (Wildman–Crippen LogP) is 4.04. The van der Waals surface area contributed by atoms with Crippen LogP contribution in [-0.2, 0) is 0 Å². The summed E-state index contributed by atoms with van der Waals surface area (Å²) in [6.45, 7) is 0. The molecule has 1 aromatic rings. The topological polar surface area (TPSA) is 23.8 Å². The summed E-state index contributed by atoms with van der Waals surface area (Å²) in [7, 11) is 0. The van der Waals surface area contributed by atoms with E-state index in [0.29, 0.717) is 11.4 Å². The number of rotatable bonds is 4. The summed E-state index contributed by atoms with van der Waals surface area (Å²) in [5.74, 6) is 1.62. The molecule has 0 spiro atoms. The number of hydrogen-bond donors (Lipinski definition) is 0. The van der Waals surface area contributed by atoms with Crippen molar-refractivity contribution in [2.75, 3.05) is 11.6 Å². The average Bonchev–Trinajstić information content (AvgIpc) is 2.18. The van der Waals surface area contributed by atoms with Gasteiger partial charge in [0, 0.05) is 15.2 Å². The minimum Gasteiger partial charge on any atom is -0.192 e. The summed E-state index contributed by atoms with van der Waals surface area (Å²) in [5, 5.41) is 8.94. The molecule has 14 heavy (non-hydrogen) atoms. The Balaban J connectivity index is 2.76. The zero-order valence-corrected chi connectivity index (χ0v) is 10.6. The predicted molar refractivity (Wildman–Crippen MR) is 64.9 cm³/mol. The third kappa shape index (κ3) is 3.20. The quantitative estimate of drug-likeness (QED) is 0.475. The maximum Gasteiger partial charge on any atom is 0.101 e. The van der Waals surface area contributed by atoms with Gasteiger partial charge in [0.1, 0.15) is 6.07 Å². The van der Waals surface area contributed by atoms with Crippen LogP contribution in [-0.4, -0.2) is 11.6 Å². The molecule has 0 N–H and O–H groups in total. The van der Waals surface area contributed by atoms with Crippen molar-refractivity contribution >= 4 is 39.3 Å². The van der Waals surface area contributed by atoms with E-state index in [4.69, 9.17) is 16.9 Å². The fraction of sp³-hybridized carbons (Fsp3) is 0.300. The van der Waals surface area contributed by atoms with Gasteiger partial charge < -0.3 is 0 Å². The molecular formula is C10H9BrClNS. The van der Waals surface area contributed by atoms with Crippen LogP contribution in [0.25, 0.3) is 0 Å². The molecule has 0 saturated heterocycles. The molecule has 1 nitrogen and oxygen atoms in total. The van der Waals surface area contributed by atoms with Crippen LogP contribution in [0.1, 0.15) is 12.0 Å². The van der Waals surface area contributed by atoms with Gasteiger partial charge in [-0.25, -0.2) is 0 Å². The molecule has 0 amide bonds. The van der Waals surface area contributed by atoms with E-state index >= 15 is 0 Å². The molecule has 0 radical (unpaired) electrons. The van der Waals surface area contributed by atoms with E-state index in [1.807, 2.05) is 18.2 Å². The summed E-state index contributed by atoms with van der Waals surface area (Å²) in [4.78, 5) is 1.02. The summed E-state index contributed by atoms with van der Waals surface area (Å²) in [6.07, 6.45) is 0.962. The Hall–Kier alpha value is -0.170. The van der Waals surface area contributed by atoms with E-state index in [2.05, 4.69) is 22.0 Å². The Labute approximate surface area is 102 Å². The van der Waals surface area contributed by atoms with Gasteiger partial charge in [-0.1, -0.05) is 6.07 Å². The molecule has 0 heterocycles. The minimum atomic E-state index is 0.670. The molecule has 0 aliphatic heterocycles. The highest BCUT2D eigenvalue weighted by atomic mass is 79.9. The number of nitriles is 1. The summed E-state index contributed by atoms with van der Waals surface area (Å²) >= 11 is 10.6. The van der Waals surface area contributed by atoms with Gasteiger partial charge in [0.15, 0.2) is 0 Å². The fourth-order valence-electron chi connectivity index (χ4n) is 0.970. The first-order chi connectivity index (χ1) is 6.79. The molecule has 74 valence electrons. The van der Waals surface area contributed by atoms with Crippen LogP contribution in [0.15, 0.2) is 27.6 Å². The van der Waals surface area contributed by atoms with E-state index < -0.39 is 0 Å². The molecular weight excluding hydrogens is 282 g/mol. The van der Waals surface area contributed by atoms with Crippen molar-refractivity contribution in [2.45, 2.75) is 11.3 Å². The molecule has 0 aromatic heterocycles. The maximum absolute atomic E-state index is 8.94. The summed E-state index contributed by atoms with van der Waals surface area (Å²) in [6, 6.07) is 7.97. The molecule has 0 unspecified atom stereocenters. The van der Waals surface area contributed by atoms with Gasteiger partial charge in [-0.15, -0.1) is 23.4 Å². The number of thioether (sulfide) groups is 1. The van der Waals surface area contributed by atoms with Crippen molar-refractivity contribution in [3.8, 4) is 6.07 Å². The molecule has 0 saturated carbocycles. The number of nitrogens with zero attached hydrogens (tertiary/aromatic N) is 1. The molecule has 1 rings (SSSR count). The molecule has 0 fully saturated rings. The van der Waals surface area contributed by atoms with Gasteiger partial charge in [0.2, 0.25) is 0 Å². The second-order valence-electron chi connectivity index (χ2n) is 2.62. The van der Waals surface area contributed by atoms with Crippen LogP contribution in [0.3, 0.4) is 0 Å². The first-order valence-electron chi connectivity index (χ1n) is 4.17. The van der Waals surface area contributed by atoms with E-state index in [9.17, 15) is 0 Å². The van der Waals surface area contributed by atoms with Gasteiger partial charge in [-0.2, -0.15) is 5.26 Å². The number of benzene rings is 1. The Morgan fingerprint density at radius 1 is 1.50 bits per heavy atom. The normalized spacial score (nSPS) is 9.79. The lowest BCUT2D eigenvalue weighted by Crippen LogP contribution is -1.86. The van der Waals surface area contributed by atoms with Gasteiger partial charge >= 0.3 is 0 Å². The zero-order chi connectivity index (χ0) is 10.4. The van der Waals surface area contributed by atoms with Gasteiger partial charge in [0.05, 0.1) is 5.56 Å². The molecule has 0 atom stereocenters. The van der Waals surface area contributed by atoms with Crippen LogP contribution in [0, 0.1) is 11.3 Å². The van der Waals surface area contributed by atoms with Crippen LogP contribution < -0.4 is 0 Å². The highest BCUT2D eigenvalue weighted by Crippen LogP contribution is 2.28. The van der Waals surface area contributed by atoms with E-state index in [-0.39, 0.29) is 0 Å². The van der Waals surface area contributed by atoms with E-state index in [1.54, 1.807) is 11.8 Å². The van der Waals surface area contributed by atoms with E-state index in [1.165, 1.54) is 0 Å². The first kappa shape index (κ1) is 11.9. The molecule has 0 bridgehead atoms. The number of halogens is 2. The fourth-order valence-corrected chi connectivity index (χ4v) is 2.83. The second kappa shape index (κ2) is 6.34. The highest BCUT2D eigenvalue weighted by Gasteiger charge is 2.05. The highest BCUT2D eigenvalue weighted by molar-refractivity contribution is 9.10.